The molecule has 156 valence electrons. The van der Waals surface area contributed by atoms with Crippen molar-refractivity contribution >= 4 is 5.78 Å². The second kappa shape index (κ2) is 7.33. The van der Waals surface area contributed by atoms with Gasteiger partial charge in [-0.3, -0.25) is 4.79 Å². The second-order valence-corrected chi connectivity index (χ2v) is 9.18. The highest BCUT2D eigenvalue weighted by Crippen LogP contribution is 2.54. The van der Waals surface area contributed by atoms with E-state index in [0.717, 1.165) is 6.42 Å². The molecule has 3 rings (SSSR count). The van der Waals surface area contributed by atoms with Crippen molar-refractivity contribution in [2.45, 2.75) is 95.5 Å². The Morgan fingerprint density at radius 2 is 1.81 bits per heavy atom. The highest BCUT2D eigenvalue weighted by Gasteiger charge is 2.57. The summed E-state index contributed by atoms with van der Waals surface area (Å²) in [6.07, 6.45) is -5.68. The minimum Gasteiger partial charge on any atom is -0.394 e. The zero-order valence-corrected chi connectivity index (χ0v) is 16.4. The quantitative estimate of drug-likeness (QED) is 0.519. The predicted octanol–water partition coefficient (Wildman–Crippen LogP) is -0.256. The lowest BCUT2D eigenvalue weighted by Gasteiger charge is -2.44. The number of ether oxygens (including phenoxy) is 3. The van der Waals surface area contributed by atoms with Crippen LogP contribution in [0.3, 0.4) is 0 Å². The maximum Gasteiger partial charge on any atom is 0.187 e. The molecule has 2 heterocycles. The summed E-state index contributed by atoms with van der Waals surface area (Å²) in [5, 5.41) is 39.2. The van der Waals surface area contributed by atoms with Crippen LogP contribution in [-0.2, 0) is 19.0 Å². The molecule has 4 N–H and O–H groups in total. The van der Waals surface area contributed by atoms with Crippen molar-refractivity contribution in [1.82, 2.24) is 0 Å². The third-order valence-electron chi connectivity index (χ3n) is 6.49. The fraction of sp³-hybridized carbons (Fsp3) is 0.947. The summed E-state index contributed by atoms with van der Waals surface area (Å²) in [6.45, 7) is 7.43. The van der Waals surface area contributed by atoms with Crippen LogP contribution in [0.5, 0.6) is 0 Å². The predicted molar refractivity (Wildman–Crippen MR) is 93.7 cm³/mol. The summed E-state index contributed by atoms with van der Waals surface area (Å²) in [6, 6.07) is 0. The Kier molecular flexibility index (Phi) is 5.73. The zero-order chi connectivity index (χ0) is 20.1. The number of hydrogen-bond donors (Lipinski definition) is 4. The van der Waals surface area contributed by atoms with Gasteiger partial charge in [0.25, 0.3) is 0 Å². The molecule has 8 heteroatoms. The van der Waals surface area contributed by atoms with Gasteiger partial charge in [-0.2, -0.15) is 0 Å². The molecule has 0 radical (unpaired) electrons. The number of aliphatic hydroxyl groups is 4. The van der Waals surface area contributed by atoms with Crippen molar-refractivity contribution in [3.05, 3.63) is 0 Å². The molecule has 0 aromatic carbocycles. The first-order valence-electron chi connectivity index (χ1n) is 9.64. The summed E-state index contributed by atoms with van der Waals surface area (Å²) in [5.41, 5.74) is -0.710. The van der Waals surface area contributed by atoms with Gasteiger partial charge in [0.15, 0.2) is 6.29 Å². The molecule has 2 aliphatic heterocycles. The van der Waals surface area contributed by atoms with Gasteiger partial charge < -0.3 is 34.6 Å². The van der Waals surface area contributed by atoms with Gasteiger partial charge in [-0.25, -0.2) is 0 Å². The van der Waals surface area contributed by atoms with Crippen LogP contribution in [0.25, 0.3) is 0 Å². The molecule has 2 saturated heterocycles. The van der Waals surface area contributed by atoms with E-state index in [1.165, 1.54) is 0 Å². The molecule has 0 spiro atoms. The summed E-state index contributed by atoms with van der Waals surface area (Å²) in [4.78, 5) is 12.2. The maximum absolute atomic E-state index is 12.2. The van der Waals surface area contributed by atoms with Crippen molar-refractivity contribution in [2.75, 3.05) is 6.61 Å². The maximum atomic E-state index is 12.2. The molecule has 9 atom stereocenters. The highest BCUT2D eigenvalue weighted by atomic mass is 16.7. The van der Waals surface area contributed by atoms with Gasteiger partial charge in [0.05, 0.1) is 24.4 Å². The van der Waals surface area contributed by atoms with E-state index < -0.39 is 49.0 Å². The third-order valence-corrected chi connectivity index (χ3v) is 6.49. The molecule has 27 heavy (non-hydrogen) atoms. The van der Waals surface area contributed by atoms with Crippen LogP contribution in [0.1, 0.15) is 47.0 Å². The minimum atomic E-state index is -1.48. The summed E-state index contributed by atoms with van der Waals surface area (Å²) >= 11 is 0. The molecule has 8 nitrogen and oxygen atoms in total. The van der Waals surface area contributed by atoms with Crippen LogP contribution in [0.4, 0.5) is 0 Å². The standard InChI is InChI=1S/C19H32O8/c1-9(25-17-16(24)15(23)14(22)12(8-20)26-17)11-5-13-18(2,3)6-10(21)7-19(13,4)27-11/h9,11-17,20,22-24H,5-8H2,1-4H3/t9-,11-,12+,13+,14+,15-,16+,17+,19+/m0/s1. The van der Waals surface area contributed by atoms with Crippen molar-refractivity contribution in [1.29, 1.82) is 0 Å². The molecule has 0 bridgehead atoms. The van der Waals surface area contributed by atoms with E-state index in [0.29, 0.717) is 12.8 Å². The largest absolute Gasteiger partial charge is 0.394 e. The Labute approximate surface area is 159 Å². The van der Waals surface area contributed by atoms with Crippen LogP contribution in [0, 0.1) is 11.3 Å². The lowest BCUT2D eigenvalue weighted by Crippen LogP contribution is -2.60. The van der Waals surface area contributed by atoms with Gasteiger partial charge in [0.1, 0.15) is 30.2 Å². The van der Waals surface area contributed by atoms with Gasteiger partial charge in [0, 0.05) is 12.8 Å². The van der Waals surface area contributed by atoms with Crippen LogP contribution < -0.4 is 0 Å². The molecule has 0 unspecified atom stereocenters. The fourth-order valence-corrected chi connectivity index (χ4v) is 5.12. The zero-order valence-electron chi connectivity index (χ0n) is 16.4. The lowest BCUT2D eigenvalue weighted by molar-refractivity contribution is -0.316. The molecule has 1 saturated carbocycles. The molecular formula is C19H32O8. The molecule has 0 amide bonds. The van der Waals surface area contributed by atoms with Gasteiger partial charge in [-0.05, 0) is 31.6 Å². The topological polar surface area (TPSA) is 126 Å². The van der Waals surface area contributed by atoms with Gasteiger partial charge in [-0.1, -0.05) is 13.8 Å². The van der Waals surface area contributed by atoms with Crippen LogP contribution in [-0.4, -0.2) is 81.3 Å². The fourth-order valence-electron chi connectivity index (χ4n) is 5.12. The Hall–Kier alpha value is -0.610. The lowest BCUT2D eigenvalue weighted by atomic mass is 9.61. The first-order valence-corrected chi connectivity index (χ1v) is 9.64. The average Bonchev–Trinajstić information content (AvgIpc) is 2.93. The minimum absolute atomic E-state index is 0.165. The van der Waals surface area contributed by atoms with Crippen molar-refractivity contribution in [3.63, 3.8) is 0 Å². The van der Waals surface area contributed by atoms with Crippen LogP contribution >= 0.6 is 0 Å². The van der Waals surface area contributed by atoms with Crippen LogP contribution in [0.15, 0.2) is 0 Å². The number of Topliss-reactive ketones (excluding diaryl/α,β-unsaturated/α-hetero) is 1. The van der Waals surface area contributed by atoms with Gasteiger partial charge in [-0.15, -0.1) is 0 Å². The molecule has 0 aromatic rings. The van der Waals surface area contributed by atoms with Crippen molar-refractivity contribution in [3.8, 4) is 0 Å². The Morgan fingerprint density at radius 1 is 1.15 bits per heavy atom. The SMILES string of the molecule is C[C@H](O[C@@H]1O[C@H](CO)[C@@H](O)[C@H](O)[C@H]1O)[C@@H]1C[C@@H]2C(C)(C)CC(=O)C[C@@]2(C)O1. The first-order chi connectivity index (χ1) is 12.5. The normalized spacial score (nSPS) is 48.3. The Morgan fingerprint density at radius 3 is 2.44 bits per heavy atom. The summed E-state index contributed by atoms with van der Waals surface area (Å²) < 4.78 is 17.5. The van der Waals surface area contributed by atoms with E-state index >= 15 is 0 Å². The third kappa shape index (κ3) is 3.81. The highest BCUT2D eigenvalue weighted by molar-refractivity contribution is 5.81. The van der Waals surface area contributed by atoms with E-state index in [4.69, 9.17) is 14.2 Å². The van der Waals surface area contributed by atoms with Gasteiger partial charge >= 0.3 is 0 Å². The molecule has 1 aliphatic carbocycles. The van der Waals surface area contributed by atoms with E-state index in [2.05, 4.69) is 13.8 Å². The molecule has 3 fully saturated rings. The second-order valence-electron chi connectivity index (χ2n) is 9.18. The molecule has 0 aromatic heterocycles. The van der Waals surface area contributed by atoms with Crippen LogP contribution in [0.2, 0.25) is 0 Å². The number of fused-ring (bicyclic) bond motifs is 1. The number of hydrogen-bond acceptors (Lipinski definition) is 8. The summed E-state index contributed by atoms with van der Waals surface area (Å²) in [5.74, 6) is 0.399. The number of aliphatic hydroxyl groups excluding tert-OH is 4. The first kappa shape index (κ1) is 21.1. The van der Waals surface area contributed by atoms with Gasteiger partial charge in [0.2, 0.25) is 0 Å². The Balaban J connectivity index is 1.68. The molecular weight excluding hydrogens is 356 g/mol. The van der Waals surface area contributed by atoms with E-state index in [1.807, 2.05) is 6.92 Å². The number of carbonyl (C=O) groups excluding carboxylic acids is 1. The van der Waals surface area contributed by atoms with E-state index in [-0.39, 0.29) is 23.2 Å². The monoisotopic (exact) mass is 388 g/mol. The van der Waals surface area contributed by atoms with Crippen molar-refractivity contribution < 1.29 is 39.4 Å². The molecule has 3 aliphatic rings. The number of ketones is 1. The smallest absolute Gasteiger partial charge is 0.187 e. The average molecular weight is 388 g/mol. The number of rotatable bonds is 4. The Bertz CT molecular complexity index is 564. The summed E-state index contributed by atoms with van der Waals surface area (Å²) in [7, 11) is 0. The number of carbonyl (C=O) groups is 1. The van der Waals surface area contributed by atoms with E-state index in [9.17, 15) is 25.2 Å². The van der Waals surface area contributed by atoms with Crippen molar-refractivity contribution in [2.24, 2.45) is 11.3 Å². The van der Waals surface area contributed by atoms with E-state index in [1.54, 1.807) is 6.92 Å².